The van der Waals surface area contributed by atoms with Crippen LogP contribution in [0.4, 0.5) is 0 Å². The van der Waals surface area contributed by atoms with E-state index in [1.807, 2.05) is 27.7 Å². The van der Waals surface area contributed by atoms with Crippen LogP contribution in [0, 0.1) is 5.92 Å². The normalized spacial score (nSPS) is 22.5. The lowest BCUT2D eigenvalue weighted by Crippen LogP contribution is -2.49. The Morgan fingerprint density at radius 2 is 2.18 bits per heavy atom. The Labute approximate surface area is 104 Å². The first-order valence-electron chi connectivity index (χ1n) is 6.51. The second kappa shape index (κ2) is 6.36. The Morgan fingerprint density at radius 3 is 2.71 bits per heavy atom. The maximum atomic E-state index is 11.8. The molecule has 4 nitrogen and oxygen atoms in total. The van der Waals surface area contributed by atoms with Gasteiger partial charge in [-0.2, -0.15) is 0 Å². The highest BCUT2D eigenvalue weighted by molar-refractivity contribution is 5.81. The maximum Gasteiger partial charge on any atom is 0.237 e. The predicted octanol–water partition coefficient (Wildman–Crippen LogP) is 1.31. The fourth-order valence-corrected chi connectivity index (χ4v) is 1.89. The molecule has 2 N–H and O–H groups in total. The second-order valence-corrected chi connectivity index (χ2v) is 5.93. The molecule has 1 aliphatic rings. The van der Waals surface area contributed by atoms with Crippen molar-refractivity contribution in [2.45, 2.75) is 52.1 Å². The van der Waals surface area contributed by atoms with Crippen LogP contribution in [0.25, 0.3) is 0 Å². The third-order valence-corrected chi connectivity index (χ3v) is 2.92. The number of carbonyl (C=O) groups excluding carboxylic acids is 1. The van der Waals surface area contributed by atoms with Gasteiger partial charge in [0.15, 0.2) is 0 Å². The average molecular weight is 242 g/mol. The van der Waals surface area contributed by atoms with Crippen LogP contribution in [0.2, 0.25) is 0 Å². The van der Waals surface area contributed by atoms with E-state index in [1.54, 1.807) is 0 Å². The first-order valence-corrected chi connectivity index (χ1v) is 6.51. The van der Waals surface area contributed by atoms with Gasteiger partial charge in [0.2, 0.25) is 5.91 Å². The molecule has 2 unspecified atom stereocenters. The highest BCUT2D eigenvalue weighted by Crippen LogP contribution is 2.15. The molecule has 100 valence electrons. The van der Waals surface area contributed by atoms with Crippen LogP contribution >= 0.6 is 0 Å². The van der Waals surface area contributed by atoms with Crippen LogP contribution < -0.4 is 10.6 Å². The molecule has 0 spiro atoms. The molecule has 0 radical (unpaired) electrons. The summed E-state index contributed by atoms with van der Waals surface area (Å²) in [4.78, 5) is 11.8. The number of amides is 1. The first-order chi connectivity index (χ1) is 7.88. The van der Waals surface area contributed by atoms with E-state index < -0.39 is 0 Å². The quantitative estimate of drug-likeness (QED) is 0.764. The van der Waals surface area contributed by atoms with Gasteiger partial charge in [-0.05, 0) is 53.0 Å². The summed E-state index contributed by atoms with van der Waals surface area (Å²) >= 11 is 0. The summed E-state index contributed by atoms with van der Waals surface area (Å²) in [6.45, 7) is 10.5. The number of hydrogen-bond donors (Lipinski definition) is 2. The summed E-state index contributed by atoms with van der Waals surface area (Å²) in [5.41, 5.74) is -0.160. The third kappa shape index (κ3) is 6.03. The minimum Gasteiger partial charge on any atom is -0.381 e. The molecule has 1 amide bonds. The molecule has 1 rings (SSSR count). The molecule has 0 aromatic rings. The summed E-state index contributed by atoms with van der Waals surface area (Å²) in [5, 5.41) is 6.24. The molecule has 0 bridgehead atoms. The smallest absolute Gasteiger partial charge is 0.237 e. The van der Waals surface area contributed by atoms with Crippen molar-refractivity contribution in [3.8, 4) is 0 Å². The summed E-state index contributed by atoms with van der Waals surface area (Å²) in [5.74, 6) is 0.737. The van der Waals surface area contributed by atoms with E-state index in [1.165, 1.54) is 0 Å². The van der Waals surface area contributed by atoms with Crippen LogP contribution in [-0.2, 0) is 9.53 Å². The van der Waals surface area contributed by atoms with Gasteiger partial charge in [-0.15, -0.1) is 0 Å². The number of ether oxygens (including phenoxy) is 1. The number of carbonyl (C=O) groups is 1. The lowest BCUT2D eigenvalue weighted by Gasteiger charge is -2.24. The molecular weight excluding hydrogens is 216 g/mol. The molecule has 0 aromatic heterocycles. The van der Waals surface area contributed by atoms with Gasteiger partial charge in [-0.1, -0.05) is 0 Å². The molecule has 2 atom stereocenters. The Bertz CT molecular complexity index is 242. The summed E-state index contributed by atoms with van der Waals surface area (Å²) in [6, 6.07) is -0.128. The zero-order chi connectivity index (χ0) is 12.9. The standard InChI is InChI=1S/C13H26N2O2/c1-10(12(16)15-13(2,3)4)14-7-5-11-6-8-17-9-11/h10-11,14H,5-9H2,1-4H3,(H,15,16). The SMILES string of the molecule is CC(NCCC1CCOC1)C(=O)NC(C)(C)C. The highest BCUT2D eigenvalue weighted by Gasteiger charge is 2.20. The van der Waals surface area contributed by atoms with Crippen molar-refractivity contribution >= 4 is 5.91 Å². The molecule has 17 heavy (non-hydrogen) atoms. The van der Waals surface area contributed by atoms with Gasteiger partial charge in [-0.25, -0.2) is 0 Å². The number of rotatable bonds is 5. The Balaban J connectivity index is 2.15. The molecule has 0 saturated carbocycles. The van der Waals surface area contributed by atoms with E-state index >= 15 is 0 Å². The van der Waals surface area contributed by atoms with Crippen molar-refractivity contribution in [3.63, 3.8) is 0 Å². The van der Waals surface area contributed by atoms with Gasteiger partial charge in [-0.3, -0.25) is 4.79 Å². The van der Waals surface area contributed by atoms with Crippen LogP contribution in [0.15, 0.2) is 0 Å². The summed E-state index contributed by atoms with van der Waals surface area (Å²) in [6.07, 6.45) is 2.25. The van der Waals surface area contributed by atoms with Gasteiger partial charge in [0.25, 0.3) is 0 Å². The van der Waals surface area contributed by atoms with Crippen molar-refractivity contribution in [2.24, 2.45) is 5.92 Å². The van der Waals surface area contributed by atoms with Crippen molar-refractivity contribution < 1.29 is 9.53 Å². The predicted molar refractivity (Wildman–Crippen MR) is 68.9 cm³/mol. The molecule has 1 fully saturated rings. The molecule has 1 saturated heterocycles. The lowest BCUT2D eigenvalue weighted by molar-refractivity contribution is -0.124. The minimum atomic E-state index is -0.160. The number of nitrogens with one attached hydrogen (secondary N) is 2. The molecule has 0 aliphatic carbocycles. The van der Waals surface area contributed by atoms with E-state index in [0.717, 1.165) is 32.6 Å². The van der Waals surface area contributed by atoms with E-state index in [0.29, 0.717) is 5.92 Å². The highest BCUT2D eigenvalue weighted by atomic mass is 16.5. The molecule has 4 heteroatoms. The van der Waals surface area contributed by atoms with E-state index in [-0.39, 0.29) is 17.5 Å². The zero-order valence-electron chi connectivity index (χ0n) is 11.5. The average Bonchev–Trinajstić information content (AvgIpc) is 2.67. The van der Waals surface area contributed by atoms with Crippen molar-refractivity contribution in [2.75, 3.05) is 19.8 Å². The topological polar surface area (TPSA) is 50.4 Å². The Kier molecular flexibility index (Phi) is 5.40. The maximum absolute atomic E-state index is 11.8. The Morgan fingerprint density at radius 1 is 1.47 bits per heavy atom. The summed E-state index contributed by atoms with van der Waals surface area (Å²) < 4.78 is 5.32. The summed E-state index contributed by atoms with van der Waals surface area (Å²) in [7, 11) is 0. The van der Waals surface area contributed by atoms with Crippen LogP contribution in [0.5, 0.6) is 0 Å². The monoisotopic (exact) mass is 242 g/mol. The van der Waals surface area contributed by atoms with Gasteiger partial charge in [0.1, 0.15) is 0 Å². The van der Waals surface area contributed by atoms with Crippen molar-refractivity contribution in [1.82, 2.24) is 10.6 Å². The molecule has 0 aromatic carbocycles. The van der Waals surface area contributed by atoms with E-state index in [4.69, 9.17) is 4.74 Å². The van der Waals surface area contributed by atoms with Crippen LogP contribution in [0.1, 0.15) is 40.5 Å². The Hall–Kier alpha value is -0.610. The van der Waals surface area contributed by atoms with E-state index in [9.17, 15) is 4.79 Å². The minimum absolute atomic E-state index is 0.0696. The molecule has 1 aliphatic heterocycles. The third-order valence-electron chi connectivity index (χ3n) is 2.92. The fraction of sp³-hybridized carbons (Fsp3) is 0.923. The van der Waals surface area contributed by atoms with Gasteiger partial charge >= 0.3 is 0 Å². The van der Waals surface area contributed by atoms with Crippen LogP contribution in [-0.4, -0.2) is 37.2 Å². The van der Waals surface area contributed by atoms with Crippen molar-refractivity contribution in [1.29, 1.82) is 0 Å². The second-order valence-electron chi connectivity index (χ2n) is 5.93. The number of hydrogen-bond acceptors (Lipinski definition) is 3. The fourth-order valence-electron chi connectivity index (χ4n) is 1.89. The zero-order valence-corrected chi connectivity index (χ0v) is 11.5. The first kappa shape index (κ1) is 14.5. The van der Waals surface area contributed by atoms with Crippen LogP contribution in [0.3, 0.4) is 0 Å². The van der Waals surface area contributed by atoms with Gasteiger partial charge in [0, 0.05) is 18.8 Å². The van der Waals surface area contributed by atoms with Gasteiger partial charge in [0.05, 0.1) is 6.04 Å². The van der Waals surface area contributed by atoms with Gasteiger partial charge < -0.3 is 15.4 Å². The lowest BCUT2D eigenvalue weighted by atomic mass is 10.1. The van der Waals surface area contributed by atoms with E-state index in [2.05, 4.69) is 10.6 Å². The molecular formula is C13H26N2O2. The largest absolute Gasteiger partial charge is 0.381 e. The molecule has 1 heterocycles. The van der Waals surface area contributed by atoms with Crippen molar-refractivity contribution in [3.05, 3.63) is 0 Å².